The van der Waals surface area contributed by atoms with Crippen molar-refractivity contribution in [3.05, 3.63) is 18.3 Å². The van der Waals surface area contributed by atoms with E-state index in [1.807, 2.05) is 7.05 Å². The van der Waals surface area contributed by atoms with Crippen LogP contribution in [0.25, 0.3) is 11.6 Å². The fourth-order valence-electron chi connectivity index (χ4n) is 1.14. The number of hydrogen-bond donors (Lipinski definition) is 2. The first-order chi connectivity index (χ1) is 7.22. The lowest BCUT2D eigenvalue weighted by molar-refractivity contribution is 0.141. The summed E-state index contributed by atoms with van der Waals surface area (Å²) in [5.41, 5.74) is 5.26. The molecule has 0 saturated carbocycles. The summed E-state index contributed by atoms with van der Waals surface area (Å²) in [5.74, 6) is 1.02. The van der Waals surface area contributed by atoms with E-state index in [1.165, 1.54) is 0 Å². The quantitative estimate of drug-likeness (QED) is 0.703. The molecule has 0 aliphatic carbocycles. The molecule has 2 aromatic heterocycles. The summed E-state index contributed by atoms with van der Waals surface area (Å²) < 4.78 is 6.61. The average Bonchev–Trinajstić information content (AvgIpc) is 2.84. The van der Waals surface area contributed by atoms with E-state index in [2.05, 4.69) is 15.1 Å². The molecule has 80 valence electrons. The van der Waals surface area contributed by atoms with Gasteiger partial charge in [0.25, 0.3) is 5.89 Å². The summed E-state index contributed by atoms with van der Waals surface area (Å²) in [7, 11) is 1.82. The molecule has 0 fully saturated rings. The van der Waals surface area contributed by atoms with Crippen LogP contribution in [0.5, 0.6) is 0 Å². The van der Waals surface area contributed by atoms with Crippen LogP contribution in [-0.2, 0) is 7.05 Å². The number of nitrogens with two attached hydrogens (primary N) is 1. The van der Waals surface area contributed by atoms with Crippen LogP contribution in [0.2, 0.25) is 0 Å². The van der Waals surface area contributed by atoms with Crippen molar-refractivity contribution in [2.45, 2.75) is 6.10 Å². The van der Waals surface area contributed by atoms with E-state index in [0.29, 0.717) is 11.6 Å². The molecule has 0 aliphatic rings. The number of aliphatic hydroxyl groups is 1. The van der Waals surface area contributed by atoms with E-state index in [4.69, 9.17) is 10.3 Å². The molecule has 0 aromatic carbocycles. The van der Waals surface area contributed by atoms with Gasteiger partial charge in [-0.05, 0) is 0 Å². The topological polar surface area (TPSA) is 103 Å². The summed E-state index contributed by atoms with van der Waals surface area (Å²) in [6.07, 6.45) is 2.47. The third kappa shape index (κ3) is 1.74. The van der Waals surface area contributed by atoms with Crippen molar-refractivity contribution in [3.8, 4) is 11.6 Å². The third-order valence-corrected chi connectivity index (χ3v) is 1.97. The maximum absolute atomic E-state index is 9.36. The van der Waals surface area contributed by atoms with Gasteiger partial charge in [-0.1, -0.05) is 5.16 Å². The largest absolute Gasteiger partial charge is 0.382 e. The minimum absolute atomic E-state index is 0.0438. The molecule has 2 aromatic rings. The van der Waals surface area contributed by atoms with Gasteiger partial charge in [0.05, 0.1) is 0 Å². The molecule has 0 saturated heterocycles. The summed E-state index contributed by atoms with van der Waals surface area (Å²) in [6, 6.07) is 0. The van der Waals surface area contributed by atoms with Crippen LogP contribution in [-0.4, -0.2) is 31.3 Å². The first kappa shape index (κ1) is 9.81. The Morgan fingerprint density at radius 1 is 1.67 bits per heavy atom. The lowest BCUT2D eigenvalue weighted by Crippen LogP contribution is -2.11. The fraction of sp³-hybridized carbons (Fsp3) is 0.375. The Bertz CT molecular complexity index is 449. The number of aromatic nitrogens is 4. The van der Waals surface area contributed by atoms with Crippen molar-refractivity contribution in [3.63, 3.8) is 0 Å². The lowest BCUT2D eigenvalue weighted by atomic mass is 10.3. The normalized spacial score (nSPS) is 13.0. The van der Waals surface area contributed by atoms with Crippen molar-refractivity contribution in [2.24, 2.45) is 12.8 Å². The number of hydrogen-bond acceptors (Lipinski definition) is 6. The maximum atomic E-state index is 9.36. The molecule has 1 atom stereocenters. The molecule has 0 bridgehead atoms. The second-order valence-corrected chi connectivity index (χ2v) is 3.07. The fourth-order valence-corrected chi connectivity index (χ4v) is 1.14. The first-order valence-electron chi connectivity index (χ1n) is 4.42. The highest BCUT2D eigenvalue weighted by Crippen LogP contribution is 2.15. The maximum Gasteiger partial charge on any atom is 0.257 e. The van der Waals surface area contributed by atoms with Gasteiger partial charge in [-0.25, -0.2) is 4.98 Å². The average molecular weight is 209 g/mol. The smallest absolute Gasteiger partial charge is 0.257 e. The molecule has 15 heavy (non-hydrogen) atoms. The van der Waals surface area contributed by atoms with Gasteiger partial charge in [0.1, 0.15) is 6.10 Å². The lowest BCUT2D eigenvalue weighted by Gasteiger charge is -1.98. The Balaban J connectivity index is 2.32. The van der Waals surface area contributed by atoms with Gasteiger partial charge in [-0.3, -0.25) is 0 Å². The minimum atomic E-state index is -0.925. The molecular formula is C8H11N5O2. The first-order valence-corrected chi connectivity index (χ1v) is 4.42. The van der Waals surface area contributed by atoms with Gasteiger partial charge in [0, 0.05) is 26.0 Å². The highest BCUT2D eigenvalue weighted by Gasteiger charge is 2.17. The van der Waals surface area contributed by atoms with Crippen LogP contribution >= 0.6 is 0 Å². The molecule has 7 heteroatoms. The highest BCUT2D eigenvalue weighted by molar-refractivity contribution is 5.42. The number of aliphatic hydroxyl groups excluding tert-OH is 1. The van der Waals surface area contributed by atoms with Crippen LogP contribution in [0.4, 0.5) is 0 Å². The van der Waals surface area contributed by atoms with Crippen molar-refractivity contribution >= 4 is 0 Å². The van der Waals surface area contributed by atoms with Crippen molar-refractivity contribution in [2.75, 3.05) is 6.54 Å². The Kier molecular flexibility index (Phi) is 2.48. The molecule has 2 rings (SSSR count). The van der Waals surface area contributed by atoms with E-state index >= 15 is 0 Å². The molecule has 0 aliphatic heterocycles. The Hall–Kier alpha value is -1.73. The summed E-state index contributed by atoms with van der Waals surface area (Å²) >= 11 is 0. The van der Waals surface area contributed by atoms with E-state index in [9.17, 15) is 5.11 Å². The molecular weight excluding hydrogens is 198 g/mol. The SMILES string of the molecule is Cn1ccnc1-c1noc(C(O)CN)n1. The molecule has 0 spiro atoms. The third-order valence-electron chi connectivity index (χ3n) is 1.97. The summed E-state index contributed by atoms with van der Waals surface area (Å²) in [6.45, 7) is 0.0438. The zero-order valence-corrected chi connectivity index (χ0v) is 8.16. The summed E-state index contributed by atoms with van der Waals surface area (Å²) in [5, 5.41) is 13.1. The van der Waals surface area contributed by atoms with Crippen LogP contribution < -0.4 is 5.73 Å². The van der Waals surface area contributed by atoms with E-state index in [1.54, 1.807) is 17.0 Å². The van der Waals surface area contributed by atoms with Gasteiger partial charge in [-0.15, -0.1) is 0 Å². The van der Waals surface area contributed by atoms with Crippen molar-refractivity contribution < 1.29 is 9.63 Å². The number of aryl methyl sites for hydroxylation is 1. The molecule has 3 N–H and O–H groups in total. The molecule has 2 heterocycles. The molecule has 0 radical (unpaired) electrons. The van der Waals surface area contributed by atoms with Crippen LogP contribution in [0.3, 0.4) is 0 Å². The number of imidazole rings is 1. The van der Waals surface area contributed by atoms with Gasteiger partial charge >= 0.3 is 0 Å². The Morgan fingerprint density at radius 3 is 3.07 bits per heavy atom. The second-order valence-electron chi connectivity index (χ2n) is 3.07. The van der Waals surface area contributed by atoms with E-state index in [0.717, 1.165) is 0 Å². The van der Waals surface area contributed by atoms with Crippen LogP contribution in [0, 0.1) is 0 Å². The monoisotopic (exact) mass is 209 g/mol. The van der Waals surface area contributed by atoms with Gasteiger partial charge < -0.3 is 19.9 Å². The summed E-state index contributed by atoms with van der Waals surface area (Å²) in [4.78, 5) is 8.04. The van der Waals surface area contributed by atoms with Crippen molar-refractivity contribution in [1.29, 1.82) is 0 Å². The minimum Gasteiger partial charge on any atom is -0.382 e. The second kappa shape index (κ2) is 3.79. The zero-order chi connectivity index (χ0) is 10.8. The van der Waals surface area contributed by atoms with Crippen molar-refractivity contribution in [1.82, 2.24) is 19.7 Å². The predicted molar refractivity (Wildman–Crippen MR) is 50.5 cm³/mol. The Morgan fingerprint density at radius 2 is 2.47 bits per heavy atom. The molecule has 1 unspecified atom stereocenters. The zero-order valence-electron chi connectivity index (χ0n) is 8.16. The number of rotatable bonds is 3. The number of nitrogens with zero attached hydrogens (tertiary/aromatic N) is 4. The Labute approximate surface area is 85.5 Å². The highest BCUT2D eigenvalue weighted by atomic mass is 16.5. The van der Waals surface area contributed by atoms with Crippen LogP contribution in [0.15, 0.2) is 16.9 Å². The van der Waals surface area contributed by atoms with Crippen LogP contribution in [0.1, 0.15) is 12.0 Å². The van der Waals surface area contributed by atoms with Gasteiger partial charge in [-0.2, -0.15) is 4.98 Å². The van der Waals surface area contributed by atoms with Gasteiger partial charge in [0.15, 0.2) is 5.82 Å². The van der Waals surface area contributed by atoms with E-state index in [-0.39, 0.29) is 12.4 Å². The molecule has 7 nitrogen and oxygen atoms in total. The predicted octanol–water partition coefficient (Wildman–Crippen LogP) is -0.538. The van der Waals surface area contributed by atoms with E-state index < -0.39 is 6.10 Å². The van der Waals surface area contributed by atoms with Gasteiger partial charge in [0.2, 0.25) is 5.82 Å². The molecule has 0 amide bonds. The standard InChI is InChI=1S/C8H11N5O2/c1-13-3-2-10-7(13)6-11-8(15-12-6)5(14)4-9/h2-3,5,14H,4,9H2,1H3.